The lowest BCUT2D eigenvalue weighted by atomic mass is 10.2. The third kappa shape index (κ3) is 3.35. The molecule has 0 radical (unpaired) electrons. The number of anilines is 1. The van der Waals surface area contributed by atoms with Gasteiger partial charge >= 0.3 is 0 Å². The molecule has 0 aliphatic heterocycles. The number of furan rings is 1. The first kappa shape index (κ1) is 16.1. The molecule has 130 valence electrons. The van der Waals surface area contributed by atoms with E-state index in [-0.39, 0.29) is 5.91 Å². The first-order valence-corrected chi connectivity index (χ1v) is 8.48. The zero-order valence-corrected chi connectivity index (χ0v) is 14.1. The Labute approximate surface area is 150 Å². The largest absolute Gasteiger partial charge is 0.450 e. The monoisotopic (exact) mass is 346 g/mol. The van der Waals surface area contributed by atoms with Crippen LogP contribution in [0.25, 0.3) is 22.1 Å². The maximum atomic E-state index is 12.0. The fraction of sp³-hybridized carbons (Fsp3) is 0.150. The molecule has 1 amide bonds. The molecular weight excluding hydrogens is 328 g/mol. The van der Waals surface area contributed by atoms with Gasteiger partial charge in [0.1, 0.15) is 17.4 Å². The zero-order chi connectivity index (χ0) is 17.8. The second-order valence-corrected chi connectivity index (χ2v) is 5.94. The van der Waals surface area contributed by atoms with Crippen molar-refractivity contribution in [3.05, 3.63) is 66.5 Å². The van der Waals surface area contributed by atoms with E-state index < -0.39 is 0 Å². The summed E-state index contributed by atoms with van der Waals surface area (Å²) in [6, 6.07) is 17.6. The molecule has 2 aromatic heterocycles. The normalized spacial score (nSPS) is 10.9. The molecule has 6 heteroatoms. The summed E-state index contributed by atoms with van der Waals surface area (Å²) in [6.07, 6.45) is 1.85. The number of carbonyl (C=O) groups is 1. The Morgan fingerprint density at radius 2 is 1.81 bits per heavy atom. The number of rotatable bonds is 6. The summed E-state index contributed by atoms with van der Waals surface area (Å²) >= 11 is 0. The van der Waals surface area contributed by atoms with Crippen molar-refractivity contribution in [2.24, 2.45) is 0 Å². The summed E-state index contributed by atoms with van der Waals surface area (Å²) in [5.41, 5.74) is 3.23. The molecule has 2 heterocycles. The van der Waals surface area contributed by atoms with Crippen LogP contribution in [0, 0.1) is 0 Å². The van der Waals surface area contributed by atoms with Crippen LogP contribution in [-0.4, -0.2) is 22.4 Å². The second-order valence-electron chi connectivity index (χ2n) is 5.94. The van der Waals surface area contributed by atoms with Crippen molar-refractivity contribution >= 4 is 33.8 Å². The lowest BCUT2D eigenvalue weighted by molar-refractivity contribution is -0.121. The lowest BCUT2D eigenvalue weighted by Gasteiger charge is -2.07. The highest BCUT2D eigenvalue weighted by molar-refractivity contribution is 6.05. The molecule has 0 bridgehead atoms. The van der Waals surface area contributed by atoms with Gasteiger partial charge in [0.15, 0.2) is 11.4 Å². The molecule has 6 nitrogen and oxygen atoms in total. The molecule has 0 spiro atoms. The molecule has 0 unspecified atom stereocenters. The van der Waals surface area contributed by atoms with Crippen molar-refractivity contribution in [2.75, 3.05) is 11.9 Å². The SMILES string of the molecule is O=C(CCNc1ncnc2c1oc1ccccc12)NCc1ccccc1. The molecule has 0 saturated heterocycles. The van der Waals surface area contributed by atoms with Gasteiger partial charge in [-0.2, -0.15) is 0 Å². The predicted octanol–water partition coefficient (Wildman–Crippen LogP) is 3.49. The van der Waals surface area contributed by atoms with Crippen LogP contribution in [0.15, 0.2) is 65.3 Å². The molecule has 2 aromatic carbocycles. The first-order valence-electron chi connectivity index (χ1n) is 8.48. The van der Waals surface area contributed by atoms with E-state index in [9.17, 15) is 4.79 Å². The molecule has 4 aromatic rings. The predicted molar refractivity (Wildman–Crippen MR) is 101 cm³/mol. The van der Waals surface area contributed by atoms with Crippen LogP contribution in [0.1, 0.15) is 12.0 Å². The number of amides is 1. The molecular formula is C20H18N4O2. The minimum absolute atomic E-state index is 0.0174. The number of fused-ring (bicyclic) bond motifs is 3. The lowest BCUT2D eigenvalue weighted by Crippen LogP contribution is -2.24. The van der Waals surface area contributed by atoms with E-state index >= 15 is 0 Å². The Morgan fingerprint density at radius 1 is 1.00 bits per heavy atom. The van der Waals surface area contributed by atoms with E-state index in [0.29, 0.717) is 30.9 Å². The van der Waals surface area contributed by atoms with Gasteiger partial charge in [-0.05, 0) is 17.7 Å². The van der Waals surface area contributed by atoms with Gasteiger partial charge in [0, 0.05) is 24.9 Å². The van der Waals surface area contributed by atoms with Crippen LogP contribution in [-0.2, 0) is 11.3 Å². The smallest absolute Gasteiger partial charge is 0.222 e. The van der Waals surface area contributed by atoms with E-state index in [4.69, 9.17) is 4.42 Å². The summed E-state index contributed by atoms with van der Waals surface area (Å²) in [6.45, 7) is 0.991. The highest BCUT2D eigenvalue weighted by atomic mass is 16.3. The molecule has 0 saturated carbocycles. The number of carbonyl (C=O) groups excluding carboxylic acids is 1. The Balaban J connectivity index is 1.38. The van der Waals surface area contributed by atoms with Crippen LogP contribution in [0.4, 0.5) is 5.82 Å². The zero-order valence-electron chi connectivity index (χ0n) is 14.1. The molecule has 2 N–H and O–H groups in total. The standard InChI is InChI=1S/C20H18N4O2/c25-17(22-12-14-6-2-1-3-7-14)10-11-21-20-19-18(23-13-24-20)15-8-4-5-9-16(15)26-19/h1-9,13H,10-12H2,(H,22,25)(H,21,23,24). The van der Waals surface area contributed by atoms with Gasteiger partial charge in [-0.15, -0.1) is 0 Å². The van der Waals surface area contributed by atoms with Crippen LogP contribution >= 0.6 is 0 Å². The number of hydrogen-bond donors (Lipinski definition) is 2. The van der Waals surface area contributed by atoms with Gasteiger partial charge < -0.3 is 15.1 Å². The molecule has 4 rings (SSSR count). The summed E-state index contributed by atoms with van der Waals surface area (Å²) in [7, 11) is 0. The summed E-state index contributed by atoms with van der Waals surface area (Å²) in [5, 5.41) is 7.03. The number of nitrogens with zero attached hydrogens (tertiary/aromatic N) is 2. The van der Waals surface area contributed by atoms with Crippen LogP contribution in [0.2, 0.25) is 0 Å². The van der Waals surface area contributed by atoms with E-state index in [1.807, 2.05) is 54.6 Å². The Morgan fingerprint density at radius 3 is 2.69 bits per heavy atom. The van der Waals surface area contributed by atoms with E-state index in [1.165, 1.54) is 6.33 Å². The molecule has 0 fully saturated rings. The molecule has 0 aliphatic rings. The van der Waals surface area contributed by atoms with Gasteiger partial charge in [0.25, 0.3) is 0 Å². The topological polar surface area (TPSA) is 80.1 Å². The van der Waals surface area contributed by atoms with E-state index in [2.05, 4.69) is 20.6 Å². The van der Waals surface area contributed by atoms with Crippen LogP contribution in [0.5, 0.6) is 0 Å². The van der Waals surface area contributed by atoms with E-state index in [1.54, 1.807) is 0 Å². The number of aromatic nitrogens is 2. The Hall–Kier alpha value is -3.41. The van der Waals surface area contributed by atoms with Crippen molar-refractivity contribution in [1.29, 1.82) is 0 Å². The second kappa shape index (κ2) is 7.23. The minimum Gasteiger partial charge on any atom is -0.450 e. The van der Waals surface area contributed by atoms with Crippen LogP contribution in [0.3, 0.4) is 0 Å². The maximum Gasteiger partial charge on any atom is 0.222 e. The number of hydrogen-bond acceptors (Lipinski definition) is 5. The Bertz CT molecular complexity index is 1040. The number of nitrogens with one attached hydrogen (secondary N) is 2. The van der Waals surface area contributed by atoms with Crippen molar-refractivity contribution in [2.45, 2.75) is 13.0 Å². The van der Waals surface area contributed by atoms with Gasteiger partial charge in [0.2, 0.25) is 5.91 Å². The molecule has 0 atom stereocenters. The van der Waals surface area contributed by atoms with Gasteiger partial charge in [-0.3, -0.25) is 4.79 Å². The van der Waals surface area contributed by atoms with Gasteiger partial charge in [-0.1, -0.05) is 42.5 Å². The highest BCUT2D eigenvalue weighted by Crippen LogP contribution is 2.30. The molecule has 26 heavy (non-hydrogen) atoms. The van der Waals surface area contributed by atoms with Gasteiger partial charge in [0.05, 0.1) is 0 Å². The van der Waals surface area contributed by atoms with Crippen molar-refractivity contribution in [1.82, 2.24) is 15.3 Å². The fourth-order valence-electron chi connectivity index (χ4n) is 2.83. The highest BCUT2D eigenvalue weighted by Gasteiger charge is 2.12. The van der Waals surface area contributed by atoms with Crippen LogP contribution < -0.4 is 10.6 Å². The molecule has 0 aliphatic carbocycles. The maximum absolute atomic E-state index is 12.0. The van der Waals surface area contributed by atoms with E-state index in [0.717, 1.165) is 22.0 Å². The third-order valence-corrected chi connectivity index (χ3v) is 4.14. The van der Waals surface area contributed by atoms with Crippen molar-refractivity contribution in [3.8, 4) is 0 Å². The van der Waals surface area contributed by atoms with Crippen molar-refractivity contribution < 1.29 is 9.21 Å². The third-order valence-electron chi connectivity index (χ3n) is 4.14. The number of para-hydroxylation sites is 1. The van der Waals surface area contributed by atoms with Crippen molar-refractivity contribution in [3.63, 3.8) is 0 Å². The Kier molecular flexibility index (Phi) is 4.47. The fourth-order valence-corrected chi connectivity index (χ4v) is 2.83. The number of benzene rings is 2. The summed E-state index contributed by atoms with van der Waals surface area (Å²) < 4.78 is 5.86. The summed E-state index contributed by atoms with van der Waals surface area (Å²) in [5.74, 6) is 0.582. The minimum atomic E-state index is -0.0174. The first-order chi connectivity index (χ1) is 12.8. The van der Waals surface area contributed by atoms with Gasteiger partial charge in [-0.25, -0.2) is 9.97 Å². The summed E-state index contributed by atoms with van der Waals surface area (Å²) in [4.78, 5) is 20.6. The average molecular weight is 346 g/mol. The quantitative estimate of drug-likeness (QED) is 0.558. The average Bonchev–Trinajstić information content (AvgIpc) is 3.07.